The number of aliphatic carboxylic acids is 1. The first-order valence-corrected chi connectivity index (χ1v) is 8.99. The molecule has 3 heterocycles. The molecule has 3 atom stereocenters. The lowest BCUT2D eigenvalue weighted by atomic mass is 9.83. The van der Waals surface area contributed by atoms with Crippen molar-refractivity contribution < 1.29 is 19.8 Å². The second-order valence-corrected chi connectivity index (χ2v) is 7.59. The van der Waals surface area contributed by atoms with Crippen molar-refractivity contribution in [2.24, 2.45) is 5.92 Å². The molecule has 1 saturated heterocycles. The summed E-state index contributed by atoms with van der Waals surface area (Å²) in [5.41, 5.74) is 2.44. The zero-order chi connectivity index (χ0) is 17.6. The van der Waals surface area contributed by atoms with Crippen LogP contribution in [0, 0.1) is 5.92 Å². The van der Waals surface area contributed by atoms with Crippen molar-refractivity contribution in [1.29, 1.82) is 0 Å². The summed E-state index contributed by atoms with van der Waals surface area (Å²) < 4.78 is 0. The van der Waals surface area contributed by atoms with Crippen molar-refractivity contribution in [1.82, 2.24) is 9.80 Å². The Morgan fingerprint density at radius 2 is 2.21 bits per heavy atom. The molecule has 1 amide bonds. The highest BCUT2D eigenvalue weighted by Gasteiger charge is 2.56. The Kier molecular flexibility index (Phi) is 4.48. The highest BCUT2D eigenvalue weighted by atomic mass is 32.2. The summed E-state index contributed by atoms with van der Waals surface area (Å²) in [4.78, 5) is 28.1. The summed E-state index contributed by atoms with van der Waals surface area (Å²) in [7, 11) is 2.02. The monoisotopic (exact) mass is 350 g/mol. The van der Waals surface area contributed by atoms with Crippen molar-refractivity contribution in [3.05, 3.63) is 34.0 Å². The third kappa shape index (κ3) is 2.65. The van der Waals surface area contributed by atoms with Crippen molar-refractivity contribution in [3.8, 4) is 0 Å². The number of likely N-dealkylation sites (N-methyl/N-ethyl adjacent to an activating group) is 1. The molecule has 2 N–H and O–H groups in total. The molecular formula is C17H22N2O4S. The number of β-lactam (4-membered cyclic amide) rings is 1. The summed E-state index contributed by atoms with van der Waals surface area (Å²) in [6.45, 7) is 4.47. The average Bonchev–Trinajstić information content (AvgIpc) is 2.81. The Hall–Kier alpha value is -1.73. The number of amides is 1. The molecule has 0 spiro atoms. The quantitative estimate of drug-likeness (QED) is 0.730. The van der Waals surface area contributed by atoms with Gasteiger partial charge in [0.25, 0.3) is 0 Å². The van der Waals surface area contributed by atoms with Gasteiger partial charge in [-0.15, -0.1) is 11.8 Å². The fourth-order valence-electron chi connectivity index (χ4n) is 3.63. The van der Waals surface area contributed by atoms with E-state index in [1.807, 2.05) is 14.0 Å². The molecule has 3 aliphatic rings. The number of nitrogens with zero attached hydrogens (tertiary/aromatic N) is 2. The second kappa shape index (κ2) is 6.29. The van der Waals surface area contributed by atoms with Crippen molar-refractivity contribution in [2.45, 2.75) is 32.4 Å². The summed E-state index contributed by atoms with van der Waals surface area (Å²) in [6, 6.07) is -0.217. The Bertz CT molecular complexity index is 680. The van der Waals surface area contributed by atoms with E-state index in [1.165, 1.54) is 27.9 Å². The topological polar surface area (TPSA) is 81.1 Å². The van der Waals surface area contributed by atoms with Gasteiger partial charge in [0.05, 0.1) is 18.1 Å². The van der Waals surface area contributed by atoms with Crippen LogP contribution in [0.4, 0.5) is 0 Å². The van der Waals surface area contributed by atoms with Crippen LogP contribution >= 0.6 is 11.8 Å². The smallest absolute Gasteiger partial charge is 0.353 e. The Labute approximate surface area is 145 Å². The van der Waals surface area contributed by atoms with Gasteiger partial charge in [-0.1, -0.05) is 12.2 Å². The summed E-state index contributed by atoms with van der Waals surface area (Å²) in [6.07, 6.45) is 3.94. The third-order valence-electron chi connectivity index (χ3n) is 4.94. The van der Waals surface area contributed by atoms with E-state index in [2.05, 4.69) is 17.1 Å². The van der Waals surface area contributed by atoms with Gasteiger partial charge in [-0.05, 0) is 19.4 Å². The zero-order valence-electron chi connectivity index (χ0n) is 14.0. The van der Waals surface area contributed by atoms with E-state index in [4.69, 9.17) is 0 Å². The minimum Gasteiger partial charge on any atom is -0.477 e. The predicted octanol–water partition coefficient (Wildman–Crippen LogP) is 1.40. The summed E-state index contributed by atoms with van der Waals surface area (Å²) in [5, 5.41) is 19.3. The number of aliphatic hydroxyl groups is 1. The van der Waals surface area contributed by atoms with Gasteiger partial charge in [-0.3, -0.25) is 4.79 Å². The van der Waals surface area contributed by atoms with Crippen LogP contribution in [0.25, 0.3) is 0 Å². The first kappa shape index (κ1) is 17.1. The van der Waals surface area contributed by atoms with Gasteiger partial charge in [0.2, 0.25) is 5.91 Å². The first-order chi connectivity index (χ1) is 11.3. The van der Waals surface area contributed by atoms with E-state index in [-0.39, 0.29) is 17.6 Å². The molecule has 1 unspecified atom stereocenters. The van der Waals surface area contributed by atoms with Crippen molar-refractivity contribution >= 4 is 23.6 Å². The maximum absolute atomic E-state index is 12.2. The molecule has 3 rings (SSSR count). The predicted molar refractivity (Wildman–Crippen MR) is 92.0 cm³/mol. The highest BCUT2D eigenvalue weighted by Crippen LogP contribution is 2.47. The number of hydrogen-bond acceptors (Lipinski definition) is 5. The standard InChI is InChI=1S/C17H22N2O4S/c1-9-5-4-6-18(3)12(9)8-24-13-7-11-14(10(2)20)16(21)19(11)15(13)17(22)23/h4-5,10-11,14,20H,6-8H2,1-3H3,(H,22,23)/t10-,11?,14+/m1/s1. The Morgan fingerprint density at radius 1 is 1.50 bits per heavy atom. The molecule has 0 bridgehead atoms. The van der Waals surface area contributed by atoms with E-state index >= 15 is 0 Å². The number of carbonyl (C=O) groups is 2. The van der Waals surface area contributed by atoms with E-state index in [9.17, 15) is 19.8 Å². The molecule has 0 saturated carbocycles. The molecule has 0 aromatic heterocycles. The molecule has 0 aromatic rings. The molecule has 0 aliphatic carbocycles. The van der Waals surface area contributed by atoms with Crippen LogP contribution < -0.4 is 0 Å². The Morgan fingerprint density at radius 3 is 2.79 bits per heavy atom. The van der Waals surface area contributed by atoms with Crippen LogP contribution in [-0.4, -0.2) is 63.4 Å². The third-order valence-corrected chi connectivity index (χ3v) is 6.06. The lowest BCUT2D eigenvalue weighted by molar-refractivity contribution is -0.161. The SMILES string of the molecule is CC1=C(CSC2=C(C(=O)O)N3C(=O)[C@@H]([C@@H](C)O)C3C2)N(C)CC=C1. The normalized spacial score (nSPS) is 27.6. The lowest BCUT2D eigenvalue weighted by Crippen LogP contribution is -2.61. The lowest BCUT2D eigenvalue weighted by Gasteiger charge is -2.44. The second-order valence-electron chi connectivity index (χ2n) is 6.52. The van der Waals surface area contributed by atoms with Crippen LogP contribution in [0.5, 0.6) is 0 Å². The minimum atomic E-state index is -1.07. The van der Waals surface area contributed by atoms with Gasteiger partial charge in [0, 0.05) is 36.4 Å². The van der Waals surface area contributed by atoms with Crippen LogP contribution in [0.2, 0.25) is 0 Å². The minimum absolute atomic E-state index is 0.0964. The van der Waals surface area contributed by atoms with Crippen LogP contribution in [0.1, 0.15) is 20.3 Å². The van der Waals surface area contributed by atoms with Crippen LogP contribution in [0.3, 0.4) is 0 Å². The number of aliphatic hydroxyl groups excluding tert-OH is 1. The number of carboxylic acids is 1. The fourth-order valence-corrected chi connectivity index (χ4v) is 5.00. The molecule has 24 heavy (non-hydrogen) atoms. The van der Waals surface area contributed by atoms with Crippen LogP contribution in [-0.2, 0) is 9.59 Å². The molecule has 0 radical (unpaired) electrons. The number of carbonyl (C=O) groups excluding carboxylic acids is 1. The van der Waals surface area contributed by atoms with Gasteiger partial charge in [0.1, 0.15) is 5.70 Å². The van der Waals surface area contributed by atoms with E-state index in [1.54, 1.807) is 6.92 Å². The zero-order valence-corrected chi connectivity index (χ0v) is 14.8. The Balaban J connectivity index is 1.79. The summed E-state index contributed by atoms with van der Waals surface area (Å²) in [5.74, 6) is -1.16. The van der Waals surface area contributed by atoms with Crippen LogP contribution in [0.15, 0.2) is 34.0 Å². The molecule has 3 aliphatic heterocycles. The first-order valence-electron chi connectivity index (χ1n) is 8.00. The number of carboxylic acid groups (broad SMARTS) is 1. The number of thioether (sulfide) groups is 1. The number of allylic oxidation sites excluding steroid dienone is 2. The maximum atomic E-state index is 12.2. The van der Waals surface area contributed by atoms with Gasteiger partial charge < -0.3 is 20.0 Å². The number of rotatable bonds is 5. The molecule has 6 nitrogen and oxygen atoms in total. The largest absolute Gasteiger partial charge is 0.477 e. The molecular weight excluding hydrogens is 328 g/mol. The fraction of sp³-hybridized carbons (Fsp3) is 0.529. The van der Waals surface area contributed by atoms with E-state index in [0.717, 1.165) is 11.4 Å². The van der Waals surface area contributed by atoms with E-state index in [0.29, 0.717) is 12.2 Å². The van der Waals surface area contributed by atoms with Crippen molar-refractivity contribution in [2.75, 3.05) is 19.3 Å². The number of fused-ring (bicyclic) bond motifs is 1. The van der Waals surface area contributed by atoms with Gasteiger partial charge >= 0.3 is 5.97 Å². The summed E-state index contributed by atoms with van der Waals surface area (Å²) >= 11 is 1.49. The molecule has 0 aromatic carbocycles. The maximum Gasteiger partial charge on any atom is 0.353 e. The average molecular weight is 350 g/mol. The van der Waals surface area contributed by atoms with Crippen molar-refractivity contribution in [3.63, 3.8) is 0 Å². The van der Waals surface area contributed by atoms with Gasteiger partial charge in [-0.25, -0.2) is 4.79 Å². The molecule has 7 heteroatoms. The molecule has 1 fully saturated rings. The van der Waals surface area contributed by atoms with E-state index < -0.39 is 18.0 Å². The van der Waals surface area contributed by atoms with Gasteiger partial charge in [-0.2, -0.15) is 0 Å². The molecule has 130 valence electrons. The van der Waals surface area contributed by atoms with Gasteiger partial charge in [0.15, 0.2) is 0 Å². The number of hydrogen-bond donors (Lipinski definition) is 2. The highest BCUT2D eigenvalue weighted by molar-refractivity contribution is 8.03.